The number of hydrogen-bond donors (Lipinski definition) is 0. The van der Waals surface area contributed by atoms with Crippen LogP contribution in [0.3, 0.4) is 0 Å². The van der Waals surface area contributed by atoms with Crippen LogP contribution >= 0.6 is 0 Å². The second kappa shape index (κ2) is 6.39. The van der Waals surface area contributed by atoms with E-state index in [1.165, 1.54) is 4.52 Å². The number of fused-ring (bicyclic) bond motifs is 1. The fourth-order valence-electron chi connectivity index (χ4n) is 2.19. The minimum absolute atomic E-state index is 0.0133. The van der Waals surface area contributed by atoms with E-state index in [1.54, 1.807) is 6.08 Å². The van der Waals surface area contributed by atoms with Gasteiger partial charge in [0.15, 0.2) is 0 Å². The monoisotopic (exact) mass is 308 g/mol. The van der Waals surface area contributed by atoms with Gasteiger partial charge in [-0.3, -0.25) is 0 Å². The van der Waals surface area contributed by atoms with Crippen molar-refractivity contribution in [2.24, 2.45) is 0 Å². The summed E-state index contributed by atoms with van der Waals surface area (Å²) in [5.41, 5.74) is 2.74. The first-order valence-corrected chi connectivity index (χ1v) is 7.23. The van der Waals surface area contributed by atoms with Crippen LogP contribution < -0.4 is 0 Å². The van der Waals surface area contributed by atoms with Crippen molar-refractivity contribution in [3.63, 3.8) is 0 Å². The molecule has 6 nitrogen and oxygen atoms in total. The van der Waals surface area contributed by atoms with Crippen LogP contribution in [0.4, 0.5) is 0 Å². The SMILES string of the molecule is Cc1cc(C)n2nc(C(=O)OC/C=C/c3ccccc3)nc2n1. The average Bonchev–Trinajstić information content (AvgIpc) is 2.97. The molecule has 3 aromatic rings. The Morgan fingerprint density at radius 3 is 2.78 bits per heavy atom. The first kappa shape index (κ1) is 14.9. The Morgan fingerprint density at radius 1 is 1.22 bits per heavy atom. The maximum absolute atomic E-state index is 12.0. The molecule has 116 valence electrons. The fourth-order valence-corrected chi connectivity index (χ4v) is 2.19. The number of benzene rings is 1. The highest BCUT2D eigenvalue weighted by molar-refractivity contribution is 5.85. The number of aryl methyl sites for hydroxylation is 2. The van der Waals surface area contributed by atoms with E-state index in [4.69, 9.17) is 4.74 Å². The van der Waals surface area contributed by atoms with Crippen LogP contribution in [0.5, 0.6) is 0 Å². The van der Waals surface area contributed by atoms with Gasteiger partial charge >= 0.3 is 5.97 Å². The minimum Gasteiger partial charge on any atom is -0.456 e. The van der Waals surface area contributed by atoms with Crippen molar-refractivity contribution >= 4 is 17.8 Å². The zero-order valence-electron chi connectivity index (χ0n) is 12.9. The smallest absolute Gasteiger partial charge is 0.378 e. The van der Waals surface area contributed by atoms with E-state index in [0.29, 0.717) is 5.78 Å². The molecule has 3 rings (SSSR count). The van der Waals surface area contributed by atoms with Gasteiger partial charge < -0.3 is 4.74 Å². The highest BCUT2D eigenvalue weighted by atomic mass is 16.5. The zero-order chi connectivity index (χ0) is 16.2. The number of nitrogens with zero attached hydrogens (tertiary/aromatic N) is 4. The third kappa shape index (κ3) is 3.42. The molecule has 0 spiro atoms. The lowest BCUT2D eigenvalue weighted by Crippen LogP contribution is -2.07. The maximum Gasteiger partial charge on any atom is 0.378 e. The summed E-state index contributed by atoms with van der Waals surface area (Å²) in [5, 5.41) is 4.13. The van der Waals surface area contributed by atoms with Crippen LogP contribution in [0.2, 0.25) is 0 Å². The Bertz CT molecular complexity index is 869. The zero-order valence-corrected chi connectivity index (χ0v) is 12.9. The van der Waals surface area contributed by atoms with E-state index >= 15 is 0 Å². The quantitative estimate of drug-likeness (QED) is 0.693. The first-order valence-electron chi connectivity index (χ1n) is 7.23. The predicted molar refractivity (Wildman–Crippen MR) is 86.0 cm³/mol. The summed E-state index contributed by atoms with van der Waals surface area (Å²) in [6, 6.07) is 11.7. The van der Waals surface area contributed by atoms with Gasteiger partial charge in [0, 0.05) is 11.4 Å². The third-order valence-electron chi connectivity index (χ3n) is 3.22. The standard InChI is InChI=1S/C17H16N4O2/c1-12-11-13(2)21-17(18-12)19-15(20-21)16(22)23-10-6-9-14-7-4-3-5-8-14/h3-9,11H,10H2,1-2H3/b9-6+. The first-order chi connectivity index (χ1) is 11.1. The van der Waals surface area contributed by atoms with Crippen LogP contribution in [-0.4, -0.2) is 32.2 Å². The van der Waals surface area contributed by atoms with Gasteiger partial charge in [-0.15, -0.1) is 5.10 Å². The Labute approximate surface area is 133 Å². The van der Waals surface area contributed by atoms with Gasteiger partial charge in [0.05, 0.1) is 0 Å². The molecule has 23 heavy (non-hydrogen) atoms. The second-order valence-electron chi connectivity index (χ2n) is 5.10. The van der Waals surface area contributed by atoms with Crippen molar-refractivity contribution in [2.45, 2.75) is 13.8 Å². The van der Waals surface area contributed by atoms with Gasteiger partial charge in [0.25, 0.3) is 11.6 Å². The van der Waals surface area contributed by atoms with E-state index in [1.807, 2.05) is 56.3 Å². The molecule has 0 radical (unpaired) electrons. The molecule has 0 N–H and O–H groups in total. The molecule has 0 unspecified atom stereocenters. The summed E-state index contributed by atoms with van der Waals surface area (Å²) in [4.78, 5) is 20.4. The van der Waals surface area contributed by atoms with Crippen LogP contribution in [0.15, 0.2) is 42.5 Å². The topological polar surface area (TPSA) is 69.4 Å². The molecule has 0 saturated carbocycles. The molecule has 0 amide bonds. The van der Waals surface area contributed by atoms with E-state index in [-0.39, 0.29) is 12.4 Å². The molecule has 1 aromatic carbocycles. The summed E-state index contributed by atoms with van der Waals surface area (Å²) < 4.78 is 6.69. The van der Waals surface area contributed by atoms with E-state index in [2.05, 4.69) is 15.1 Å². The summed E-state index contributed by atoms with van der Waals surface area (Å²) >= 11 is 0. The molecule has 0 atom stereocenters. The predicted octanol–water partition coefficient (Wildman–Crippen LogP) is 2.61. The number of hydrogen-bond acceptors (Lipinski definition) is 5. The second-order valence-corrected chi connectivity index (χ2v) is 5.10. The summed E-state index contributed by atoms with van der Waals surface area (Å²) in [5.74, 6) is -0.154. The molecule has 6 heteroatoms. The normalized spacial score (nSPS) is 11.2. The number of carbonyl (C=O) groups is 1. The van der Waals surface area contributed by atoms with Crippen molar-refractivity contribution in [2.75, 3.05) is 6.61 Å². The van der Waals surface area contributed by atoms with Crippen molar-refractivity contribution in [1.29, 1.82) is 0 Å². The van der Waals surface area contributed by atoms with Crippen LogP contribution in [0.25, 0.3) is 11.9 Å². The van der Waals surface area contributed by atoms with Gasteiger partial charge in [-0.2, -0.15) is 4.98 Å². The lowest BCUT2D eigenvalue weighted by atomic mass is 10.2. The van der Waals surface area contributed by atoms with E-state index in [9.17, 15) is 4.79 Å². The van der Waals surface area contributed by atoms with Crippen molar-refractivity contribution in [3.8, 4) is 0 Å². The summed E-state index contributed by atoms with van der Waals surface area (Å²) in [6.07, 6.45) is 3.66. The Hall–Kier alpha value is -3.02. The minimum atomic E-state index is -0.565. The van der Waals surface area contributed by atoms with Gasteiger partial charge in [0.1, 0.15) is 6.61 Å². The highest BCUT2D eigenvalue weighted by Crippen LogP contribution is 2.06. The molecule has 0 fully saturated rings. The molecule has 0 bridgehead atoms. The largest absolute Gasteiger partial charge is 0.456 e. The lowest BCUT2D eigenvalue weighted by Gasteiger charge is -1.98. The Morgan fingerprint density at radius 2 is 2.00 bits per heavy atom. The van der Waals surface area contributed by atoms with Crippen LogP contribution in [0, 0.1) is 13.8 Å². The van der Waals surface area contributed by atoms with E-state index < -0.39 is 5.97 Å². The van der Waals surface area contributed by atoms with E-state index in [0.717, 1.165) is 17.0 Å². The maximum atomic E-state index is 12.0. The third-order valence-corrected chi connectivity index (χ3v) is 3.22. The van der Waals surface area contributed by atoms with Crippen molar-refractivity contribution in [3.05, 3.63) is 65.2 Å². The molecule has 2 heterocycles. The van der Waals surface area contributed by atoms with Gasteiger partial charge in [-0.25, -0.2) is 14.3 Å². The number of esters is 1. The van der Waals surface area contributed by atoms with Gasteiger partial charge in [0.2, 0.25) is 0 Å². The molecule has 0 aliphatic carbocycles. The van der Waals surface area contributed by atoms with Crippen molar-refractivity contribution in [1.82, 2.24) is 19.6 Å². The lowest BCUT2D eigenvalue weighted by molar-refractivity contribution is 0.0536. The molecule has 0 saturated heterocycles. The number of carbonyl (C=O) groups excluding carboxylic acids is 1. The molecule has 2 aromatic heterocycles. The highest BCUT2D eigenvalue weighted by Gasteiger charge is 2.15. The number of ether oxygens (including phenoxy) is 1. The van der Waals surface area contributed by atoms with Crippen LogP contribution in [0.1, 0.15) is 27.6 Å². The molecular formula is C17H16N4O2. The molecule has 0 aliphatic rings. The molecular weight excluding hydrogens is 292 g/mol. The number of aromatic nitrogens is 4. The van der Waals surface area contributed by atoms with Gasteiger partial charge in [-0.1, -0.05) is 36.4 Å². The Kier molecular flexibility index (Phi) is 4.14. The van der Waals surface area contributed by atoms with Crippen LogP contribution in [-0.2, 0) is 4.74 Å². The summed E-state index contributed by atoms with van der Waals surface area (Å²) in [7, 11) is 0. The van der Waals surface area contributed by atoms with Gasteiger partial charge in [-0.05, 0) is 31.6 Å². The summed E-state index contributed by atoms with van der Waals surface area (Å²) in [6.45, 7) is 3.91. The molecule has 0 aliphatic heterocycles. The van der Waals surface area contributed by atoms with Crippen molar-refractivity contribution < 1.29 is 9.53 Å². The fraction of sp³-hybridized carbons (Fsp3) is 0.176. The number of rotatable bonds is 4. The Balaban J connectivity index is 1.67. The average molecular weight is 308 g/mol.